The molecule has 1 heterocycles. The summed E-state index contributed by atoms with van der Waals surface area (Å²) in [6, 6.07) is 6.39. The summed E-state index contributed by atoms with van der Waals surface area (Å²) in [4.78, 5) is 26.1. The zero-order valence-corrected chi connectivity index (χ0v) is 16.0. The van der Waals surface area contributed by atoms with Crippen molar-refractivity contribution in [3.8, 4) is 0 Å². The Kier molecular flexibility index (Phi) is 6.38. The van der Waals surface area contributed by atoms with E-state index in [0.717, 1.165) is 15.0 Å². The van der Waals surface area contributed by atoms with Crippen molar-refractivity contribution in [3.05, 3.63) is 28.7 Å². The van der Waals surface area contributed by atoms with Gasteiger partial charge in [-0.1, -0.05) is 22.0 Å². The molecule has 9 nitrogen and oxygen atoms in total. The van der Waals surface area contributed by atoms with Gasteiger partial charge in [-0.3, -0.25) is 9.69 Å². The Balaban J connectivity index is 2.21. The lowest BCUT2D eigenvalue weighted by Crippen LogP contribution is -2.54. The Morgan fingerprint density at radius 3 is 2.68 bits per heavy atom. The van der Waals surface area contributed by atoms with Gasteiger partial charge in [0.15, 0.2) is 6.17 Å². The Bertz CT molecular complexity index is 757. The molecule has 1 aromatic carbocycles. The molecule has 1 aliphatic heterocycles. The van der Waals surface area contributed by atoms with Crippen molar-refractivity contribution in [2.45, 2.75) is 6.17 Å². The fourth-order valence-electron chi connectivity index (χ4n) is 2.49. The number of halogens is 1. The number of nitrogens with two attached hydrogens (primary N) is 1. The highest BCUT2D eigenvalue weighted by Gasteiger charge is 2.44. The first kappa shape index (κ1) is 19.6. The lowest BCUT2D eigenvalue weighted by atomic mass is 10.3. The first-order valence-corrected chi connectivity index (χ1v) is 10.2. The zero-order chi connectivity index (χ0) is 18.6. The number of amides is 3. The second-order valence-corrected chi connectivity index (χ2v) is 8.31. The number of benzene rings is 1. The molecule has 1 aromatic rings. The summed E-state index contributed by atoms with van der Waals surface area (Å²) in [7, 11) is -3.66. The second-order valence-electron chi connectivity index (χ2n) is 5.46. The van der Waals surface area contributed by atoms with E-state index in [1.807, 2.05) is 0 Å². The monoisotopic (exact) mass is 433 g/mol. The van der Waals surface area contributed by atoms with E-state index < -0.39 is 28.1 Å². The predicted octanol–water partition coefficient (Wildman–Crippen LogP) is -0.0408. The smallest absolute Gasteiger partial charge is 0.323 e. The first-order valence-electron chi connectivity index (χ1n) is 7.52. The lowest BCUT2D eigenvalue weighted by Gasteiger charge is -2.27. The van der Waals surface area contributed by atoms with E-state index in [1.54, 1.807) is 24.3 Å². The van der Waals surface area contributed by atoms with E-state index >= 15 is 0 Å². The van der Waals surface area contributed by atoms with Gasteiger partial charge in [-0.05, 0) is 18.2 Å². The van der Waals surface area contributed by atoms with Crippen molar-refractivity contribution in [2.75, 3.05) is 37.8 Å². The topological polar surface area (TPSA) is 125 Å². The summed E-state index contributed by atoms with van der Waals surface area (Å²) in [6.45, 7) is 0.550. The van der Waals surface area contributed by atoms with Crippen LogP contribution in [0.2, 0.25) is 0 Å². The number of nitrogens with one attached hydrogen (secondary N) is 2. The Labute approximate surface area is 154 Å². The summed E-state index contributed by atoms with van der Waals surface area (Å²) >= 11 is 3.31. The minimum absolute atomic E-state index is 0.0471. The standard InChI is InChI=1S/C14H20BrN5O4S/c1-25(23,24)20-8-7-19(13(20)12(21)17-6-5-16)14(22)18-11-4-2-3-10(15)9-11/h2-4,9,13H,5-8,16H2,1H3,(H,17,21)(H,18,22). The van der Waals surface area contributed by atoms with E-state index in [-0.39, 0.29) is 26.2 Å². The Morgan fingerprint density at radius 2 is 2.08 bits per heavy atom. The highest BCUT2D eigenvalue weighted by molar-refractivity contribution is 9.10. The molecule has 0 bridgehead atoms. The van der Waals surface area contributed by atoms with E-state index in [9.17, 15) is 18.0 Å². The average Bonchev–Trinajstić information content (AvgIpc) is 2.98. The predicted molar refractivity (Wildman–Crippen MR) is 97.3 cm³/mol. The van der Waals surface area contributed by atoms with Crippen LogP contribution in [-0.4, -0.2) is 68.2 Å². The van der Waals surface area contributed by atoms with Gasteiger partial charge in [0, 0.05) is 36.3 Å². The minimum atomic E-state index is -3.66. The van der Waals surface area contributed by atoms with Crippen LogP contribution in [0.25, 0.3) is 0 Å². The highest BCUT2D eigenvalue weighted by Crippen LogP contribution is 2.21. The van der Waals surface area contributed by atoms with Crippen molar-refractivity contribution < 1.29 is 18.0 Å². The van der Waals surface area contributed by atoms with Crippen LogP contribution < -0.4 is 16.4 Å². The molecule has 0 aliphatic carbocycles. The summed E-state index contributed by atoms with van der Waals surface area (Å²) < 4.78 is 25.7. The SMILES string of the molecule is CS(=O)(=O)N1CCN(C(=O)Nc2cccc(Br)c2)C1C(=O)NCCN. The lowest BCUT2D eigenvalue weighted by molar-refractivity contribution is -0.127. The Hall–Kier alpha value is -1.69. The molecule has 0 radical (unpaired) electrons. The van der Waals surface area contributed by atoms with Crippen LogP contribution in [0.4, 0.5) is 10.5 Å². The van der Waals surface area contributed by atoms with Gasteiger partial charge in [0.2, 0.25) is 10.0 Å². The average molecular weight is 434 g/mol. The van der Waals surface area contributed by atoms with Crippen LogP contribution in [0, 0.1) is 0 Å². The first-order chi connectivity index (χ1) is 11.7. The molecule has 0 spiro atoms. The van der Waals surface area contributed by atoms with Gasteiger partial charge in [-0.2, -0.15) is 4.31 Å². The number of hydrogen-bond donors (Lipinski definition) is 3. The summed E-state index contributed by atoms with van der Waals surface area (Å²) in [5.74, 6) is -0.585. The van der Waals surface area contributed by atoms with Crippen LogP contribution >= 0.6 is 15.9 Å². The van der Waals surface area contributed by atoms with Crippen LogP contribution in [-0.2, 0) is 14.8 Å². The molecule has 0 aromatic heterocycles. The van der Waals surface area contributed by atoms with Gasteiger partial charge in [0.05, 0.1) is 6.26 Å². The van der Waals surface area contributed by atoms with Gasteiger partial charge in [-0.15, -0.1) is 0 Å². The molecule has 25 heavy (non-hydrogen) atoms. The fourth-order valence-corrected chi connectivity index (χ4v) is 3.87. The minimum Gasteiger partial charge on any atom is -0.352 e. The molecule has 138 valence electrons. The Morgan fingerprint density at radius 1 is 1.36 bits per heavy atom. The number of anilines is 1. The molecule has 1 fully saturated rings. The third-order valence-electron chi connectivity index (χ3n) is 3.57. The van der Waals surface area contributed by atoms with E-state index in [0.29, 0.717) is 5.69 Å². The van der Waals surface area contributed by atoms with Crippen LogP contribution in [0.5, 0.6) is 0 Å². The fraction of sp³-hybridized carbons (Fsp3) is 0.429. The molecule has 3 amide bonds. The number of hydrogen-bond acceptors (Lipinski definition) is 5. The summed E-state index contributed by atoms with van der Waals surface area (Å²) in [5, 5.41) is 5.20. The number of nitrogens with zero attached hydrogens (tertiary/aromatic N) is 2. The van der Waals surface area contributed by atoms with Crippen molar-refractivity contribution in [3.63, 3.8) is 0 Å². The maximum Gasteiger partial charge on any atom is 0.323 e. The molecule has 4 N–H and O–H groups in total. The second kappa shape index (κ2) is 8.13. The maximum atomic E-state index is 12.6. The summed E-state index contributed by atoms with van der Waals surface area (Å²) in [5.41, 5.74) is 5.89. The number of carbonyl (C=O) groups is 2. The van der Waals surface area contributed by atoms with E-state index in [4.69, 9.17) is 5.73 Å². The maximum absolute atomic E-state index is 12.6. The molecule has 1 atom stereocenters. The molecule has 1 aliphatic rings. The highest BCUT2D eigenvalue weighted by atomic mass is 79.9. The number of sulfonamides is 1. The number of rotatable bonds is 5. The van der Waals surface area contributed by atoms with E-state index in [1.165, 1.54) is 4.90 Å². The zero-order valence-electron chi connectivity index (χ0n) is 13.6. The third kappa shape index (κ3) is 4.91. The molecule has 1 saturated heterocycles. The molecule has 11 heteroatoms. The molecule has 2 rings (SSSR count). The van der Waals surface area contributed by atoms with Gasteiger partial charge >= 0.3 is 6.03 Å². The molecular weight excluding hydrogens is 414 g/mol. The van der Waals surface area contributed by atoms with Crippen LogP contribution in [0.1, 0.15) is 0 Å². The molecule has 1 unspecified atom stereocenters. The van der Waals surface area contributed by atoms with Gasteiger partial charge in [0.1, 0.15) is 0 Å². The van der Waals surface area contributed by atoms with Gasteiger partial charge < -0.3 is 16.4 Å². The number of carbonyl (C=O) groups excluding carboxylic acids is 2. The molecular formula is C14H20BrN5O4S. The van der Waals surface area contributed by atoms with Crippen molar-refractivity contribution >= 4 is 43.6 Å². The van der Waals surface area contributed by atoms with E-state index in [2.05, 4.69) is 26.6 Å². The van der Waals surface area contributed by atoms with Crippen molar-refractivity contribution in [2.24, 2.45) is 5.73 Å². The van der Waals surface area contributed by atoms with Crippen LogP contribution in [0.15, 0.2) is 28.7 Å². The van der Waals surface area contributed by atoms with Crippen LogP contribution in [0.3, 0.4) is 0 Å². The third-order valence-corrected chi connectivity index (χ3v) is 5.30. The van der Waals surface area contributed by atoms with Gasteiger partial charge in [0.25, 0.3) is 5.91 Å². The number of urea groups is 1. The molecule has 0 saturated carbocycles. The largest absolute Gasteiger partial charge is 0.352 e. The summed E-state index contributed by atoms with van der Waals surface area (Å²) in [6.07, 6.45) is -0.236. The van der Waals surface area contributed by atoms with Gasteiger partial charge in [-0.25, -0.2) is 13.2 Å². The van der Waals surface area contributed by atoms with Crippen molar-refractivity contribution in [1.29, 1.82) is 0 Å². The van der Waals surface area contributed by atoms with Crippen molar-refractivity contribution in [1.82, 2.24) is 14.5 Å². The normalized spacial score (nSPS) is 18.2. The quantitative estimate of drug-likeness (QED) is 0.600.